The van der Waals surface area contributed by atoms with E-state index in [0.717, 1.165) is 18.7 Å². The predicted molar refractivity (Wildman–Crippen MR) is 73.5 cm³/mol. The van der Waals surface area contributed by atoms with Crippen molar-refractivity contribution < 1.29 is 5.11 Å². The van der Waals surface area contributed by atoms with Gasteiger partial charge in [-0.3, -0.25) is 9.88 Å². The molecule has 2 rings (SSSR count). The average Bonchev–Trinajstić information content (AvgIpc) is 2.41. The van der Waals surface area contributed by atoms with Gasteiger partial charge in [0.2, 0.25) is 0 Å². The van der Waals surface area contributed by atoms with Crippen molar-refractivity contribution in [3.8, 4) is 0 Å². The summed E-state index contributed by atoms with van der Waals surface area (Å²) in [4.78, 5) is 6.45. The first-order valence-electron chi connectivity index (χ1n) is 6.93. The first kappa shape index (κ1) is 13.5. The summed E-state index contributed by atoms with van der Waals surface area (Å²) in [7, 11) is 0. The summed E-state index contributed by atoms with van der Waals surface area (Å²) in [6, 6.07) is 3.96. The van der Waals surface area contributed by atoms with Crippen LogP contribution in [0.25, 0.3) is 0 Å². The molecule has 2 heterocycles. The molecule has 100 valence electrons. The van der Waals surface area contributed by atoms with Crippen LogP contribution in [0.15, 0.2) is 24.5 Å². The number of pyridine rings is 1. The molecule has 1 aliphatic heterocycles. The number of nitrogens with zero attached hydrogens (tertiary/aromatic N) is 2. The summed E-state index contributed by atoms with van der Waals surface area (Å²) in [6.07, 6.45) is 7.78. The average molecular weight is 248 g/mol. The van der Waals surface area contributed by atoms with Crippen LogP contribution in [0.3, 0.4) is 0 Å². The maximum absolute atomic E-state index is 10.5. The zero-order valence-electron chi connectivity index (χ0n) is 11.5. The van der Waals surface area contributed by atoms with Gasteiger partial charge in [0.05, 0.1) is 6.10 Å². The Labute approximate surface area is 110 Å². The van der Waals surface area contributed by atoms with E-state index >= 15 is 0 Å². The van der Waals surface area contributed by atoms with Crippen molar-refractivity contribution in [2.75, 3.05) is 13.1 Å². The Hall–Kier alpha value is -0.930. The van der Waals surface area contributed by atoms with Crippen molar-refractivity contribution in [2.45, 2.75) is 51.2 Å². The summed E-state index contributed by atoms with van der Waals surface area (Å²) < 4.78 is 0. The standard InChI is InChI=1S/C15H24N2O/c1-15(2,17-10-4-3-5-11-17)14(18)12-13-6-8-16-9-7-13/h6-9,14,18H,3-5,10-12H2,1-2H3. The quantitative estimate of drug-likeness (QED) is 0.888. The van der Waals surface area contributed by atoms with Crippen LogP contribution < -0.4 is 0 Å². The third-order valence-electron chi connectivity index (χ3n) is 4.16. The number of likely N-dealkylation sites (tertiary alicyclic amines) is 1. The molecule has 0 spiro atoms. The van der Waals surface area contributed by atoms with Crippen molar-refractivity contribution in [3.05, 3.63) is 30.1 Å². The lowest BCUT2D eigenvalue weighted by atomic mass is 9.88. The molecule has 0 bridgehead atoms. The second kappa shape index (κ2) is 5.81. The number of aliphatic hydroxyl groups excluding tert-OH is 1. The van der Waals surface area contributed by atoms with Crippen LogP contribution in [0.5, 0.6) is 0 Å². The monoisotopic (exact) mass is 248 g/mol. The van der Waals surface area contributed by atoms with Gasteiger partial charge < -0.3 is 5.11 Å². The molecule has 0 amide bonds. The number of aromatic nitrogens is 1. The van der Waals surface area contributed by atoms with Crippen molar-refractivity contribution >= 4 is 0 Å². The smallest absolute Gasteiger partial charge is 0.0758 e. The molecule has 3 heteroatoms. The highest BCUT2D eigenvalue weighted by molar-refractivity contribution is 5.12. The number of aliphatic hydroxyl groups is 1. The maximum Gasteiger partial charge on any atom is 0.0758 e. The molecule has 0 saturated carbocycles. The molecule has 1 N–H and O–H groups in total. The highest BCUT2D eigenvalue weighted by Gasteiger charge is 2.34. The van der Waals surface area contributed by atoms with Gasteiger partial charge >= 0.3 is 0 Å². The number of hydrogen-bond acceptors (Lipinski definition) is 3. The van der Waals surface area contributed by atoms with E-state index in [1.807, 2.05) is 12.1 Å². The van der Waals surface area contributed by atoms with Crippen molar-refractivity contribution in [1.82, 2.24) is 9.88 Å². The number of rotatable bonds is 4. The van der Waals surface area contributed by atoms with Gasteiger partial charge in [-0.15, -0.1) is 0 Å². The Kier molecular flexibility index (Phi) is 4.36. The Bertz CT molecular complexity index is 358. The predicted octanol–water partition coefficient (Wildman–Crippen LogP) is 2.25. The van der Waals surface area contributed by atoms with Crippen LogP contribution >= 0.6 is 0 Å². The molecule has 1 unspecified atom stereocenters. The van der Waals surface area contributed by atoms with Gasteiger partial charge in [-0.25, -0.2) is 0 Å². The fraction of sp³-hybridized carbons (Fsp3) is 0.667. The van der Waals surface area contributed by atoms with Crippen LogP contribution in [-0.2, 0) is 6.42 Å². The zero-order valence-corrected chi connectivity index (χ0v) is 11.5. The minimum atomic E-state index is -0.335. The molecule has 0 aliphatic carbocycles. The normalized spacial score (nSPS) is 19.7. The van der Waals surface area contributed by atoms with Crippen LogP contribution in [0.1, 0.15) is 38.7 Å². The summed E-state index contributed by atoms with van der Waals surface area (Å²) >= 11 is 0. The second-order valence-electron chi connectivity index (χ2n) is 5.78. The Morgan fingerprint density at radius 2 is 1.83 bits per heavy atom. The van der Waals surface area contributed by atoms with Gasteiger partial charge in [0.1, 0.15) is 0 Å². The Morgan fingerprint density at radius 3 is 2.44 bits per heavy atom. The molecule has 1 aliphatic rings. The van der Waals surface area contributed by atoms with E-state index in [1.165, 1.54) is 19.3 Å². The summed E-state index contributed by atoms with van der Waals surface area (Å²) in [5, 5.41) is 10.5. The minimum Gasteiger partial charge on any atom is -0.391 e. The van der Waals surface area contributed by atoms with Gasteiger partial charge in [-0.1, -0.05) is 6.42 Å². The topological polar surface area (TPSA) is 36.4 Å². The lowest BCUT2D eigenvalue weighted by Gasteiger charge is -2.44. The summed E-state index contributed by atoms with van der Waals surface area (Å²) in [6.45, 7) is 6.54. The third-order valence-corrected chi connectivity index (χ3v) is 4.16. The van der Waals surface area contributed by atoms with E-state index in [4.69, 9.17) is 0 Å². The molecule has 1 atom stereocenters. The molecule has 0 aromatic carbocycles. The van der Waals surface area contributed by atoms with Crippen molar-refractivity contribution in [3.63, 3.8) is 0 Å². The van der Waals surface area contributed by atoms with E-state index in [-0.39, 0.29) is 11.6 Å². The largest absolute Gasteiger partial charge is 0.391 e. The third kappa shape index (κ3) is 3.09. The second-order valence-corrected chi connectivity index (χ2v) is 5.78. The fourth-order valence-electron chi connectivity index (χ4n) is 2.67. The molecule has 1 aromatic heterocycles. The molecular formula is C15H24N2O. The molecular weight excluding hydrogens is 224 g/mol. The van der Waals surface area contributed by atoms with E-state index in [2.05, 4.69) is 23.7 Å². The van der Waals surface area contributed by atoms with Gasteiger partial charge in [-0.2, -0.15) is 0 Å². The molecule has 18 heavy (non-hydrogen) atoms. The lowest BCUT2D eigenvalue weighted by Crippen LogP contribution is -2.54. The first-order chi connectivity index (χ1) is 8.60. The first-order valence-corrected chi connectivity index (χ1v) is 6.93. The van der Waals surface area contributed by atoms with E-state index in [1.54, 1.807) is 12.4 Å². The SMILES string of the molecule is CC(C)(C(O)Cc1ccncc1)N1CCCCC1. The molecule has 3 nitrogen and oxygen atoms in total. The van der Waals surface area contributed by atoms with Gasteiger partial charge in [0.25, 0.3) is 0 Å². The highest BCUT2D eigenvalue weighted by atomic mass is 16.3. The highest BCUT2D eigenvalue weighted by Crippen LogP contribution is 2.25. The van der Waals surface area contributed by atoms with Crippen molar-refractivity contribution in [1.29, 1.82) is 0 Å². The lowest BCUT2D eigenvalue weighted by molar-refractivity contribution is -0.0187. The molecule has 0 radical (unpaired) electrons. The van der Waals surface area contributed by atoms with Crippen molar-refractivity contribution in [2.24, 2.45) is 0 Å². The van der Waals surface area contributed by atoms with Gasteiger partial charge in [0.15, 0.2) is 0 Å². The molecule has 1 aromatic rings. The minimum absolute atomic E-state index is 0.149. The Morgan fingerprint density at radius 1 is 1.22 bits per heavy atom. The number of hydrogen-bond donors (Lipinski definition) is 1. The summed E-state index contributed by atoms with van der Waals surface area (Å²) in [5.41, 5.74) is 1.01. The number of piperidine rings is 1. The molecule has 1 fully saturated rings. The van der Waals surface area contributed by atoms with Crippen LogP contribution in [0.4, 0.5) is 0 Å². The summed E-state index contributed by atoms with van der Waals surface area (Å²) in [5.74, 6) is 0. The van der Waals surface area contributed by atoms with Gasteiger partial charge in [0, 0.05) is 24.4 Å². The maximum atomic E-state index is 10.5. The Balaban J connectivity index is 2.00. The van der Waals surface area contributed by atoms with E-state index in [9.17, 15) is 5.11 Å². The van der Waals surface area contributed by atoms with Crippen LogP contribution in [0.2, 0.25) is 0 Å². The van der Waals surface area contributed by atoms with Gasteiger partial charge in [-0.05, 0) is 57.5 Å². The van der Waals surface area contributed by atoms with E-state index < -0.39 is 0 Å². The van der Waals surface area contributed by atoms with Crippen LogP contribution in [0, 0.1) is 0 Å². The zero-order chi connectivity index (χ0) is 13.0. The fourth-order valence-corrected chi connectivity index (χ4v) is 2.67. The van der Waals surface area contributed by atoms with E-state index in [0.29, 0.717) is 6.42 Å². The van der Waals surface area contributed by atoms with Crippen LogP contribution in [-0.4, -0.2) is 39.7 Å². The molecule has 1 saturated heterocycles.